The third-order valence-electron chi connectivity index (χ3n) is 1.38. The summed E-state index contributed by atoms with van der Waals surface area (Å²) in [5.74, 6) is 0. The molecule has 0 aromatic carbocycles. The lowest BCUT2D eigenvalue weighted by molar-refractivity contribution is -0.107. The van der Waals surface area contributed by atoms with Gasteiger partial charge in [-0.2, -0.15) is 0 Å². The van der Waals surface area contributed by atoms with Gasteiger partial charge in [-0.05, 0) is 0 Å². The van der Waals surface area contributed by atoms with E-state index < -0.39 is 0 Å². The number of hydrogen-bond acceptors (Lipinski definition) is 4. The second kappa shape index (κ2) is 5.96. The van der Waals surface area contributed by atoms with E-state index in [1.807, 2.05) is 0 Å². The van der Waals surface area contributed by atoms with Crippen molar-refractivity contribution in [2.75, 3.05) is 28.2 Å². The molecule has 0 aromatic heterocycles. The molecule has 0 heterocycles. The number of allylic oxidation sites excluding steroid dienone is 2. The van der Waals surface area contributed by atoms with Gasteiger partial charge >= 0.3 is 0 Å². The highest BCUT2D eigenvalue weighted by Crippen LogP contribution is 2.05. The van der Waals surface area contributed by atoms with Crippen molar-refractivity contribution in [3.8, 4) is 0 Å². The van der Waals surface area contributed by atoms with Gasteiger partial charge in [0.25, 0.3) is 0 Å². The zero-order valence-electron chi connectivity index (χ0n) is 9.02. The molecule has 0 saturated heterocycles. The van der Waals surface area contributed by atoms with Crippen molar-refractivity contribution in [1.29, 1.82) is 0 Å². The summed E-state index contributed by atoms with van der Waals surface area (Å²) >= 11 is 0. The molecule has 0 rings (SSSR count). The van der Waals surface area contributed by atoms with Crippen LogP contribution in [0.15, 0.2) is 23.5 Å². The lowest BCUT2D eigenvalue weighted by Gasteiger charge is -2.09. The molecule has 0 aliphatic heterocycles. The van der Waals surface area contributed by atoms with Crippen molar-refractivity contribution in [3.63, 3.8) is 0 Å². The number of nitrogens with zero attached hydrogens (tertiary/aromatic N) is 2. The van der Waals surface area contributed by atoms with Crippen LogP contribution in [-0.2, 0) is 9.59 Å². The van der Waals surface area contributed by atoms with Gasteiger partial charge in [-0.3, -0.25) is 9.59 Å². The topological polar surface area (TPSA) is 40.6 Å². The van der Waals surface area contributed by atoms with Gasteiger partial charge in [-0.25, -0.2) is 0 Å². The van der Waals surface area contributed by atoms with Gasteiger partial charge in [0.15, 0.2) is 12.6 Å². The molecule has 0 saturated carbocycles. The van der Waals surface area contributed by atoms with Gasteiger partial charge < -0.3 is 9.80 Å². The van der Waals surface area contributed by atoms with Crippen LogP contribution in [0, 0.1) is 0 Å². The van der Waals surface area contributed by atoms with Gasteiger partial charge in [0.05, 0.1) is 0 Å². The van der Waals surface area contributed by atoms with E-state index in [-0.39, 0.29) is 0 Å². The second-order valence-electron chi connectivity index (χ2n) is 3.33. The summed E-state index contributed by atoms with van der Waals surface area (Å²) in [4.78, 5) is 24.9. The fourth-order valence-electron chi connectivity index (χ4n) is 0.902. The highest BCUT2D eigenvalue weighted by molar-refractivity contribution is 5.94. The first-order valence-corrected chi connectivity index (χ1v) is 4.18. The fourth-order valence-corrected chi connectivity index (χ4v) is 0.902. The summed E-state index contributed by atoms with van der Waals surface area (Å²) in [6.45, 7) is 0. The van der Waals surface area contributed by atoms with Gasteiger partial charge in [-0.1, -0.05) is 0 Å². The molecular weight excluding hydrogens is 180 g/mol. The average Bonchev–Trinajstić information content (AvgIpc) is 2.10. The molecule has 0 spiro atoms. The minimum atomic E-state index is 0.374. The zero-order valence-corrected chi connectivity index (χ0v) is 9.02. The zero-order chi connectivity index (χ0) is 11.1. The van der Waals surface area contributed by atoms with Crippen molar-refractivity contribution >= 4 is 12.6 Å². The predicted octanol–water partition coefficient (Wildman–Crippen LogP) is 0.275. The summed E-state index contributed by atoms with van der Waals surface area (Å²) in [5, 5.41) is 0. The Morgan fingerprint density at radius 2 is 1.07 bits per heavy atom. The van der Waals surface area contributed by atoms with Crippen LogP contribution in [-0.4, -0.2) is 50.6 Å². The van der Waals surface area contributed by atoms with Crippen molar-refractivity contribution in [2.24, 2.45) is 0 Å². The molecule has 0 atom stereocenters. The molecule has 4 nitrogen and oxygen atoms in total. The summed E-state index contributed by atoms with van der Waals surface area (Å²) in [6, 6.07) is 0. The highest BCUT2D eigenvalue weighted by Gasteiger charge is 2.03. The molecule has 0 amide bonds. The van der Waals surface area contributed by atoms with Gasteiger partial charge in [0.1, 0.15) is 0 Å². The van der Waals surface area contributed by atoms with Crippen LogP contribution >= 0.6 is 0 Å². The molecule has 0 N–H and O–H groups in total. The number of rotatable bonds is 5. The Labute approximate surface area is 84.5 Å². The van der Waals surface area contributed by atoms with Gasteiger partial charge in [0.2, 0.25) is 0 Å². The third kappa shape index (κ3) is 4.45. The molecule has 0 aromatic rings. The van der Waals surface area contributed by atoms with Crippen molar-refractivity contribution in [3.05, 3.63) is 23.5 Å². The number of hydrogen-bond donors (Lipinski definition) is 0. The van der Waals surface area contributed by atoms with E-state index in [1.54, 1.807) is 50.4 Å². The molecule has 0 radical (unpaired) electrons. The Kier molecular flexibility index (Phi) is 5.29. The van der Waals surface area contributed by atoms with Crippen LogP contribution < -0.4 is 0 Å². The Bertz CT molecular complexity index is 237. The molecule has 0 aliphatic carbocycles. The van der Waals surface area contributed by atoms with E-state index in [1.165, 1.54) is 0 Å². The van der Waals surface area contributed by atoms with E-state index in [0.717, 1.165) is 0 Å². The van der Waals surface area contributed by atoms with Gasteiger partial charge in [0, 0.05) is 51.7 Å². The number of carbonyl (C=O) groups is 2. The van der Waals surface area contributed by atoms with Crippen molar-refractivity contribution in [1.82, 2.24) is 9.80 Å². The Morgan fingerprint density at radius 3 is 1.21 bits per heavy atom. The lowest BCUT2D eigenvalue weighted by atomic mass is 10.1. The Hall–Kier alpha value is -1.58. The highest BCUT2D eigenvalue weighted by atomic mass is 16.1. The standard InChI is InChI=1S/C10H16N2O2/c1-11(2)5-9(7-13)10(8-14)6-12(3)4/h5-8H,1-4H3. The summed E-state index contributed by atoms with van der Waals surface area (Å²) in [7, 11) is 7.17. The lowest BCUT2D eigenvalue weighted by Crippen LogP contribution is -2.09. The molecule has 4 heteroatoms. The predicted molar refractivity (Wildman–Crippen MR) is 55.7 cm³/mol. The van der Waals surface area contributed by atoms with Crippen LogP contribution in [0.3, 0.4) is 0 Å². The Morgan fingerprint density at radius 1 is 0.786 bits per heavy atom. The first-order chi connectivity index (χ1) is 6.51. The van der Waals surface area contributed by atoms with Crippen molar-refractivity contribution in [2.45, 2.75) is 0 Å². The maximum atomic E-state index is 10.7. The van der Waals surface area contributed by atoms with Crippen LogP contribution in [0.5, 0.6) is 0 Å². The minimum Gasteiger partial charge on any atom is -0.383 e. The minimum absolute atomic E-state index is 0.374. The molecule has 0 unspecified atom stereocenters. The smallest absolute Gasteiger partial charge is 0.152 e. The quantitative estimate of drug-likeness (QED) is 0.359. The third-order valence-corrected chi connectivity index (χ3v) is 1.38. The first kappa shape index (κ1) is 12.4. The van der Waals surface area contributed by atoms with E-state index in [0.29, 0.717) is 23.7 Å². The van der Waals surface area contributed by atoms with E-state index in [2.05, 4.69) is 0 Å². The maximum absolute atomic E-state index is 10.7. The van der Waals surface area contributed by atoms with E-state index >= 15 is 0 Å². The Balaban J connectivity index is 4.98. The average molecular weight is 196 g/mol. The van der Waals surface area contributed by atoms with Crippen LogP contribution in [0.1, 0.15) is 0 Å². The maximum Gasteiger partial charge on any atom is 0.152 e. The van der Waals surface area contributed by atoms with Crippen LogP contribution in [0.2, 0.25) is 0 Å². The molecular formula is C10H16N2O2. The summed E-state index contributed by atoms with van der Waals surface area (Å²) in [5.41, 5.74) is 0.748. The summed E-state index contributed by atoms with van der Waals surface area (Å²) < 4.78 is 0. The number of carbonyl (C=O) groups excluding carboxylic acids is 2. The summed E-state index contributed by atoms with van der Waals surface area (Å²) in [6.07, 6.45) is 4.56. The van der Waals surface area contributed by atoms with Crippen LogP contribution in [0.4, 0.5) is 0 Å². The normalized spacial score (nSPS) is 12.3. The SMILES string of the molecule is CN(C)C=C(C=O)C(C=O)=CN(C)C. The fraction of sp³-hybridized carbons (Fsp3) is 0.400. The molecule has 0 fully saturated rings. The molecule has 14 heavy (non-hydrogen) atoms. The molecule has 0 aliphatic rings. The first-order valence-electron chi connectivity index (χ1n) is 4.18. The largest absolute Gasteiger partial charge is 0.383 e. The monoisotopic (exact) mass is 196 g/mol. The van der Waals surface area contributed by atoms with E-state index in [4.69, 9.17) is 0 Å². The number of aldehydes is 2. The van der Waals surface area contributed by atoms with Crippen LogP contribution in [0.25, 0.3) is 0 Å². The molecule has 78 valence electrons. The van der Waals surface area contributed by atoms with Crippen molar-refractivity contribution < 1.29 is 9.59 Å². The van der Waals surface area contributed by atoms with E-state index in [9.17, 15) is 9.59 Å². The molecule has 0 bridgehead atoms. The van der Waals surface area contributed by atoms with Gasteiger partial charge in [-0.15, -0.1) is 0 Å². The second-order valence-corrected chi connectivity index (χ2v) is 3.33.